The highest BCUT2D eigenvalue weighted by molar-refractivity contribution is 7.15. The van der Waals surface area contributed by atoms with Crippen LogP contribution in [0.2, 0.25) is 0 Å². The van der Waals surface area contributed by atoms with E-state index in [4.69, 9.17) is 0 Å². The monoisotopic (exact) mass is 344 g/mol. The molecule has 1 saturated heterocycles. The first-order valence-corrected chi connectivity index (χ1v) is 8.31. The first kappa shape index (κ1) is 16.1. The first-order valence-electron chi connectivity index (χ1n) is 7.50. The van der Waals surface area contributed by atoms with Crippen LogP contribution in [-0.4, -0.2) is 28.9 Å². The average Bonchev–Trinajstić information content (AvgIpc) is 2.99. The minimum Gasteiger partial charge on any atom is -0.349 e. The Morgan fingerprint density at radius 3 is 2.88 bits per heavy atom. The van der Waals surface area contributed by atoms with Crippen molar-refractivity contribution in [2.45, 2.75) is 25.4 Å². The lowest BCUT2D eigenvalue weighted by molar-refractivity contribution is -0.123. The second-order valence-corrected chi connectivity index (χ2v) is 6.44. The Balaban J connectivity index is 1.57. The van der Waals surface area contributed by atoms with Gasteiger partial charge in [0.2, 0.25) is 11.8 Å². The van der Waals surface area contributed by atoms with Crippen molar-refractivity contribution in [3.05, 3.63) is 41.4 Å². The Bertz CT molecular complexity index is 760. The zero-order chi connectivity index (χ0) is 16.9. The molecule has 0 bridgehead atoms. The molecule has 0 unspecified atom stereocenters. The van der Waals surface area contributed by atoms with E-state index < -0.39 is 12.1 Å². The van der Waals surface area contributed by atoms with Crippen LogP contribution >= 0.6 is 11.3 Å². The van der Waals surface area contributed by atoms with E-state index in [0.29, 0.717) is 6.54 Å². The van der Waals surface area contributed by atoms with Gasteiger partial charge in [0.05, 0.1) is 6.54 Å². The molecule has 24 heavy (non-hydrogen) atoms. The molecule has 0 radical (unpaired) electrons. The summed E-state index contributed by atoms with van der Waals surface area (Å²) in [5.74, 6) is -0.688. The highest BCUT2D eigenvalue weighted by atomic mass is 32.1. The van der Waals surface area contributed by atoms with Crippen LogP contribution < -0.4 is 16.0 Å². The van der Waals surface area contributed by atoms with Crippen LogP contribution in [0.1, 0.15) is 17.7 Å². The number of urea groups is 1. The summed E-state index contributed by atoms with van der Waals surface area (Å²) in [6, 6.07) is 8.45. The van der Waals surface area contributed by atoms with Gasteiger partial charge in [-0.05, 0) is 6.42 Å². The number of hydrogen-bond donors (Lipinski definition) is 3. The number of amides is 4. The molecule has 1 atom stereocenters. The Morgan fingerprint density at radius 2 is 2.08 bits per heavy atom. The lowest BCUT2D eigenvalue weighted by Gasteiger charge is -2.14. The minimum atomic E-state index is -0.710. The third kappa shape index (κ3) is 3.96. The maximum Gasteiger partial charge on any atom is 0.322 e. The van der Waals surface area contributed by atoms with Gasteiger partial charge in [0.25, 0.3) is 0 Å². The number of thiazole rings is 1. The zero-order valence-corrected chi connectivity index (χ0v) is 13.6. The van der Waals surface area contributed by atoms with Crippen molar-refractivity contribution < 1.29 is 14.4 Å². The molecule has 1 fully saturated rings. The lowest BCUT2D eigenvalue weighted by Crippen LogP contribution is -2.48. The van der Waals surface area contributed by atoms with E-state index in [-0.39, 0.29) is 24.7 Å². The maximum atomic E-state index is 12.2. The number of carbonyl (C=O) groups is 3. The van der Waals surface area contributed by atoms with Gasteiger partial charge < -0.3 is 10.6 Å². The van der Waals surface area contributed by atoms with Crippen LogP contribution in [0, 0.1) is 0 Å². The van der Waals surface area contributed by atoms with Crippen molar-refractivity contribution in [2.75, 3.05) is 0 Å². The Kier molecular flexibility index (Phi) is 4.85. The fourth-order valence-corrected chi connectivity index (χ4v) is 3.19. The van der Waals surface area contributed by atoms with Crippen LogP contribution in [0.3, 0.4) is 0 Å². The van der Waals surface area contributed by atoms with Crippen molar-refractivity contribution in [3.63, 3.8) is 0 Å². The van der Waals surface area contributed by atoms with Gasteiger partial charge in [0.15, 0.2) is 0 Å². The van der Waals surface area contributed by atoms with Gasteiger partial charge in [-0.1, -0.05) is 30.3 Å². The van der Waals surface area contributed by atoms with Gasteiger partial charge in [-0.25, -0.2) is 9.78 Å². The first-order chi connectivity index (χ1) is 11.6. The Labute approximate surface area is 142 Å². The summed E-state index contributed by atoms with van der Waals surface area (Å²) in [5.41, 5.74) is 1.03. The van der Waals surface area contributed by atoms with Crippen LogP contribution in [0.5, 0.6) is 0 Å². The predicted octanol–water partition coefficient (Wildman–Crippen LogP) is 1.41. The number of benzene rings is 1. The third-order valence-electron chi connectivity index (χ3n) is 3.55. The van der Waals surface area contributed by atoms with Crippen molar-refractivity contribution in [2.24, 2.45) is 0 Å². The molecule has 0 aliphatic carbocycles. The molecule has 1 aliphatic heterocycles. The van der Waals surface area contributed by atoms with Gasteiger partial charge in [0.1, 0.15) is 11.0 Å². The van der Waals surface area contributed by atoms with E-state index >= 15 is 0 Å². The summed E-state index contributed by atoms with van der Waals surface area (Å²) in [6.45, 7) is 0.330. The summed E-state index contributed by atoms with van der Waals surface area (Å²) >= 11 is 1.50. The second kappa shape index (κ2) is 7.22. The van der Waals surface area contributed by atoms with Gasteiger partial charge in [0, 0.05) is 23.1 Å². The van der Waals surface area contributed by atoms with E-state index in [1.807, 2.05) is 30.3 Å². The fraction of sp³-hybridized carbons (Fsp3) is 0.250. The standard InChI is InChI=1S/C16H16N4O3S/c21-13-7-6-12(19-16(23)20-13)14(22)17-8-11-9-18-15(24-11)10-4-2-1-3-5-10/h1-5,9,12H,6-8H2,(H,17,22)(H2,19,20,21,23)/t12-/m1/s1. The summed E-state index contributed by atoms with van der Waals surface area (Å²) in [6.07, 6.45) is 2.14. The number of hydrogen-bond acceptors (Lipinski definition) is 5. The number of carbonyl (C=O) groups excluding carboxylic acids is 3. The van der Waals surface area contributed by atoms with E-state index in [2.05, 4.69) is 20.9 Å². The number of aromatic nitrogens is 1. The quantitative estimate of drug-likeness (QED) is 0.781. The summed E-state index contributed by atoms with van der Waals surface area (Å²) < 4.78 is 0. The largest absolute Gasteiger partial charge is 0.349 e. The average molecular weight is 344 g/mol. The lowest BCUT2D eigenvalue weighted by atomic mass is 10.1. The second-order valence-electron chi connectivity index (χ2n) is 5.33. The van der Waals surface area contributed by atoms with Crippen molar-refractivity contribution >= 4 is 29.2 Å². The third-order valence-corrected chi connectivity index (χ3v) is 4.59. The maximum absolute atomic E-state index is 12.2. The zero-order valence-electron chi connectivity index (χ0n) is 12.7. The topological polar surface area (TPSA) is 100 Å². The van der Waals surface area contributed by atoms with Crippen molar-refractivity contribution in [3.8, 4) is 10.6 Å². The summed E-state index contributed by atoms with van der Waals surface area (Å²) in [5, 5.41) is 8.29. The minimum absolute atomic E-state index is 0.134. The number of rotatable bonds is 4. The van der Waals surface area contributed by atoms with E-state index in [0.717, 1.165) is 15.4 Å². The van der Waals surface area contributed by atoms with Gasteiger partial charge >= 0.3 is 6.03 Å². The predicted molar refractivity (Wildman–Crippen MR) is 89.1 cm³/mol. The number of nitrogens with zero attached hydrogens (tertiary/aromatic N) is 1. The SMILES string of the molecule is O=C1CC[C@H](C(=O)NCc2cnc(-c3ccccc3)s2)NC(=O)N1. The van der Waals surface area contributed by atoms with E-state index in [1.165, 1.54) is 11.3 Å². The van der Waals surface area contributed by atoms with Crippen molar-refractivity contribution in [1.82, 2.24) is 20.9 Å². The molecular weight excluding hydrogens is 328 g/mol. The molecule has 2 aromatic rings. The van der Waals surface area contributed by atoms with E-state index in [9.17, 15) is 14.4 Å². The molecule has 8 heteroatoms. The molecular formula is C16H16N4O3S. The van der Waals surface area contributed by atoms with Gasteiger partial charge in [-0.2, -0.15) is 0 Å². The summed E-state index contributed by atoms with van der Waals surface area (Å²) in [7, 11) is 0. The van der Waals surface area contributed by atoms with Crippen molar-refractivity contribution in [1.29, 1.82) is 0 Å². The molecule has 1 aliphatic rings. The summed E-state index contributed by atoms with van der Waals surface area (Å²) in [4.78, 5) is 40.1. The molecule has 4 amide bonds. The number of imide groups is 1. The molecule has 0 spiro atoms. The Hall–Kier alpha value is -2.74. The molecule has 1 aromatic heterocycles. The number of nitrogens with one attached hydrogen (secondary N) is 3. The Morgan fingerprint density at radius 1 is 1.29 bits per heavy atom. The van der Waals surface area contributed by atoms with Gasteiger partial charge in [-0.15, -0.1) is 11.3 Å². The van der Waals surface area contributed by atoms with Crippen LogP contribution in [-0.2, 0) is 16.1 Å². The van der Waals surface area contributed by atoms with Crippen LogP contribution in [0.15, 0.2) is 36.5 Å². The molecule has 2 heterocycles. The van der Waals surface area contributed by atoms with E-state index in [1.54, 1.807) is 6.20 Å². The molecule has 1 aromatic carbocycles. The molecule has 0 saturated carbocycles. The fourth-order valence-electron chi connectivity index (χ4n) is 2.33. The highest BCUT2D eigenvalue weighted by Gasteiger charge is 2.25. The van der Waals surface area contributed by atoms with Crippen LogP contribution in [0.25, 0.3) is 10.6 Å². The normalized spacial score (nSPS) is 17.6. The van der Waals surface area contributed by atoms with Gasteiger partial charge in [-0.3, -0.25) is 14.9 Å². The highest BCUT2D eigenvalue weighted by Crippen LogP contribution is 2.24. The molecule has 3 N–H and O–H groups in total. The molecule has 3 rings (SSSR count). The smallest absolute Gasteiger partial charge is 0.322 e. The molecule has 7 nitrogen and oxygen atoms in total. The molecule has 124 valence electrons. The van der Waals surface area contributed by atoms with Crippen LogP contribution in [0.4, 0.5) is 4.79 Å².